The first-order chi connectivity index (χ1) is 9.75. The Labute approximate surface area is 118 Å². The summed E-state index contributed by atoms with van der Waals surface area (Å²) in [5, 5.41) is 7.41. The average molecular weight is 269 g/mol. The Hall–Kier alpha value is -1.94. The molecule has 0 aliphatic carbocycles. The maximum Gasteiger partial charge on any atom is 0.224 e. The monoisotopic (exact) mass is 269 g/mol. The molecule has 1 fully saturated rings. The Bertz CT molecular complexity index is 621. The van der Waals surface area contributed by atoms with Crippen LogP contribution < -0.4 is 10.6 Å². The van der Waals surface area contributed by atoms with E-state index >= 15 is 0 Å². The van der Waals surface area contributed by atoms with Crippen LogP contribution in [0.1, 0.15) is 12.5 Å². The van der Waals surface area contributed by atoms with Gasteiger partial charge in [-0.15, -0.1) is 0 Å². The summed E-state index contributed by atoms with van der Waals surface area (Å²) in [6.45, 7) is 4.36. The van der Waals surface area contributed by atoms with Crippen molar-refractivity contribution >= 4 is 16.8 Å². The number of pyridine rings is 1. The van der Waals surface area contributed by atoms with Gasteiger partial charge in [0.25, 0.3) is 0 Å². The molecular weight excluding hydrogens is 250 g/mol. The van der Waals surface area contributed by atoms with Gasteiger partial charge in [-0.3, -0.25) is 9.78 Å². The number of amides is 1. The van der Waals surface area contributed by atoms with Crippen LogP contribution in [0.4, 0.5) is 0 Å². The maximum atomic E-state index is 12.2. The van der Waals surface area contributed by atoms with E-state index < -0.39 is 0 Å². The molecule has 20 heavy (non-hydrogen) atoms. The average Bonchev–Trinajstić information content (AvgIpc) is 2.91. The summed E-state index contributed by atoms with van der Waals surface area (Å²) >= 11 is 0. The van der Waals surface area contributed by atoms with E-state index in [1.165, 1.54) is 0 Å². The van der Waals surface area contributed by atoms with Crippen LogP contribution in [0.2, 0.25) is 0 Å². The fraction of sp³-hybridized carbons (Fsp3) is 0.375. The van der Waals surface area contributed by atoms with E-state index in [1.54, 1.807) is 6.20 Å². The summed E-state index contributed by atoms with van der Waals surface area (Å²) < 4.78 is 0. The lowest BCUT2D eigenvalue weighted by Crippen LogP contribution is -2.33. The highest BCUT2D eigenvalue weighted by molar-refractivity contribution is 5.83. The Balaban J connectivity index is 1.72. The first kappa shape index (κ1) is 13.1. The van der Waals surface area contributed by atoms with Gasteiger partial charge in [-0.2, -0.15) is 0 Å². The standard InChI is InChI=1S/C16H19N3O/c1-11-8-17-10-14(11)16(20)19-9-13-5-2-4-12-6-3-7-18-15(12)13/h2-7,11,14,17H,8-10H2,1H3,(H,19,20). The number of carbonyl (C=O) groups excluding carboxylic acids is 1. The van der Waals surface area contributed by atoms with E-state index in [-0.39, 0.29) is 11.8 Å². The molecule has 1 aromatic carbocycles. The number of aromatic nitrogens is 1. The minimum atomic E-state index is 0.0814. The summed E-state index contributed by atoms with van der Waals surface area (Å²) in [7, 11) is 0. The molecule has 2 atom stereocenters. The van der Waals surface area contributed by atoms with Crippen molar-refractivity contribution in [2.45, 2.75) is 13.5 Å². The summed E-state index contributed by atoms with van der Waals surface area (Å²) in [4.78, 5) is 16.6. The third-order valence-electron chi connectivity index (χ3n) is 4.02. The lowest BCUT2D eigenvalue weighted by Gasteiger charge is -2.14. The number of hydrogen-bond donors (Lipinski definition) is 2. The Morgan fingerprint density at radius 2 is 2.20 bits per heavy atom. The molecule has 1 saturated heterocycles. The Kier molecular flexibility index (Phi) is 3.65. The predicted molar refractivity (Wildman–Crippen MR) is 79.1 cm³/mol. The molecule has 1 aliphatic heterocycles. The molecule has 1 aromatic heterocycles. The van der Waals surface area contributed by atoms with Gasteiger partial charge in [0, 0.05) is 24.7 Å². The second-order valence-corrected chi connectivity index (χ2v) is 5.45. The summed E-state index contributed by atoms with van der Waals surface area (Å²) in [5.41, 5.74) is 2.03. The molecule has 0 spiro atoms. The number of para-hydroxylation sites is 1. The fourth-order valence-corrected chi connectivity index (χ4v) is 2.78. The molecule has 4 nitrogen and oxygen atoms in total. The van der Waals surface area contributed by atoms with Crippen LogP contribution in [0.15, 0.2) is 36.5 Å². The van der Waals surface area contributed by atoms with Gasteiger partial charge in [-0.05, 0) is 24.1 Å². The number of fused-ring (bicyclic) bond motifs is 1. The van der Waals surface area contributed by atoms with Gasteiger partial charge in [0.1, 0.15) is 0 Å². The molecule has 2 unspecified atom stereocenters. The van der Waals surface area contributed by atoms with E-state index in [9.17, 15) is 4.79 Å². The van der Waals surface area contributed by atoms with E-state index in [1.807, 2.05) is 30.3 Å². The molecule has 1 aliphatic rings. The number of hydrogen-bond acceptors (Lipinski definition) is 3. The zero-order valence-corrected chi connectivity index (χ0v) is 11.6. The van der Waals surface area contributed by atoms with Crippen molar-refractivity contribution in [1.29, 1.82) is 0 Å². The lowest BCUT2D eigenvalue weighted by atomic mass is 9.97. The Morgan fingerprint density at radius 3 is 3.00 bits per heavy atom. The highest BCUT2D eigenvalue weighted by Crippen LogP contribution is 2.18. The molecule has 2 N–H and O–H groups in total. The number of benzene rings is 1. The van der Waals surface area contributed by atoms with Crippen LogP contribution in [-0.2, 0) is 11.3 Å². The van der Waals surface area contributed by atoms with Gasteiger partial charge in [0.05, 0.1) is 11.4 Å². The van der Waals surface area contributed by atoms with Gasteiger partial charge in [0.15, 0.2) is 0 Å². The van der Waals surface area contributed by atoms with E-state index in [4.69, 9.17) is 0 Å². The van der Waals surface area contributed by atoms with Crippen LogP contribution >= 0.6 is 0 Å². The van der Waals surface area contributed by atoms with Crippen LogP contribution in [0, 0.1) is 11.8 Å². The van der Waals surface area contributed by atoms with Gasteiger partial charge in [0.2, 0.25) is 5.91 Å². The van der Waals surface area contributed by atoms with Crippen LogP contribution in [0.5, 0.6) is 0 Å². The second-order valence-electron chi connectivity index (χ2n) is 5.45. The van der Waals surface area contributed by atoms with Crippen molar-refractivity contribution in [3.05, 3.63) is 42.1 Å². The number of nitrogens with zero attached hydrogens (tertiary/aromatic N) is 1. The number of rotatable bonds is 3. The maximum absolute atomic E-state index is 12.2. The quantitative estimate of drug-likeness (QED) is 0.892. The molecule has 0 saturated carbocycles. The molecule has 3 rings (SSSR count). The molecular formula is C16H19N3O. The highest BCUT2D eigenvalue weighted by atomic mass is 16.1. The van der Waals surface area contributed by atoms with Crippen molar-refractivity contribution in [1.82, 2.24) is 15.6 Å². The van der Waals surface area contributed by atoms with Gasteiger partial charge >= 0.3 is 0 Å². The normalized spacial score (nSPS) is 22.1. The minimum Gasteiger partial charge on any atom is -0.352 e. The van der Waals surface area contributed by atoms with Crippen molar-refractivity contribution < 1.29 is 4.79 Å². The van der Waals surface area contributed by atoms with E-state index in [0.717, 1.165) is 29.6 Å². The number of carbonyl (C=O) groups is 1. The summed E-state index contributed by atoms with van der Waals surface area (Å²) in [6.07, 6.45) is 1.79. The van der Waals surface area contributed by atoms with Crippen LogP contribution in [-0.4, -0.2) is 24.0 Å². The van der Waals surface area contributed by atoms with Crippen LogP contribution in [0.3, 0.4) is 0 Å². The minimum absolute atomic E-state index is 0.0814. The van der Waals surface area contributed by atoms with Gasteiger partial charge in [-0.1, -0.05) is 31.2 Å². The zero-order valence-electron chi connectivity index (χ0n) is 11.6. The first-order valence-corrected chi connectivity index (χ1v) is 7.07. The summed E-state index contributed by atoms with van der Waals surface area (Å²) in [5.74, 6) is 0.619. The fourth-order valence-electron chi connectivity index (χ4n) is 2.78. The SMILES string of the molecule is CC1CNCC1C(=O)NCc1cccc2cccnc12. The van der Waals surface area contributed by atoms with E-state index in [2.05, 4.69) is 22.5 Å². The third-order valence-corrected chi connectivity index (χ3v) is 4.02. The molecule has 104 valence electrons. The molecule has 2 heterocycles. The van der Waals surface area contributed by atoms with Crippen molar-refractivity contribution in [2.75, 3.05) is 13.1 Å². The zero-order chi connectivity index (χ0) is 13.9. The number of nitrogens with one attached hydrogen (secondary N) is 2. The second kappa shape index (κ2) is 5.59. The third kappa shape index (κ3) is 2.51. The van der Waals surface area contributed by atoms with Crippen LogP contribution in [0.25, 0.3) is 10.9 Å². The molecule has 1 amide bonds. The van der Waals surface area contributed by atoms with E-state index in [0.29, 0.717) is 12.5 Å². The van der Waals surface area contributed by atoms with Gasteiger partial charge in [-0.25, -0.2) is 0 Å². The Morgan fingerprint density at radius 1 is 1.35 bits per heavy atom. The molecule has 0 bridgehead atoms. The molecule has 4 heteroatoms. The predicted octanol–water partition coefficient (Wildman–Crippen LogP) is 1.71. The first-order valence-electron chi connectivity index (χ1n) is 7.07. The van der Waals surface area contributed by atoms with Crippen molar-refractivity contribution in [3.63, 3.8) is 0 Å². The molecule has 2 aromatic rings. The topological polar surface area (TPSA) is 54.0 Å². The summed E-state index contributed by atoms with van der Waals surface area (Å²) in [6, 6.07) is 10.0. The lowest BCUT2D eigenvalue weighted by molar-refractivity contribution is -0.125. The highest BCUT2D eigenvalue weighted by Gasteiger charge is 2.29. The van der Waals surface area contributed by atoms with Crippen molar-refractivity contribution in [3.8, 4) is 0 Å². The van der Waals surface area contributed by atoms with Crippen molar-refractivity contribution in [2.24, 2.45) is 11.8 Å². The smallest absolute Gasteiger partial charge is 0.224 e. The molecule has 0 radical (unpaired) electrons. The van der Waals surface area contributed by atoms with Gasteiger partial charge < -0.3 is 10.6 Å². The largest absolute Gasteiger partial charge is 0.352 e.